The van der Waals surface area contributed by atoms with Crippen LogP contribution in [0.5, 0.6) is 0 Å². The van der Waals surface area contributed by atoms with Crippen LogP contribution in [0.2, 0.25) is 0 Å². The quantitative estimate of drug-likeness (QED) is 0.0916. The summed E-state index contributed by atoms with van der Waals surface area (Å²) in [7, 11) is 0. The average molecular weight is 878 g/mol. The average Bonchev–Trinajstić information content (AvgIpc) is 2.57. The minimum atomic E-state index is 0. The van der Waals surface area contributed by atoms with Gasteiger partial charge in [-0.2, -0.15) is 54.2 Å². The van der Waals surface area contributed by atoms with Gasteiger partial charge in [0, 0.05) is 108 Å². The molecule has 0 N–H and O–H groups in total. The fourth-order valence-electron chi connectivity index (χ4n) is 4.50. The predicted molar refractivity (Wildman–Crippen MR) is 111 cm³/mol. The number of hydrogen-bond donors (Lipinski definition) is 0. The molecule has 0 aliphatic heterocycles. The van der Waals surface area contributed by atoms with Crippen LogP contribution >= 0.6 is 0 Å². The Hall–Kier alpha value is 0.984. The summed E-state index contributed by atoms with van der Waals surface area (Å²) in [5, 5.41) is 9.99. The molecule has 0 heterocycles. The molecule has 0 saturated heterocycles. The van der Waals surface area contributed by atoms with Crippen molar-refractivity contribution in [3.63, 3.8) is 0 Å². The van der Waals surface area contributed by atoms with E-state index in [-0.39, 0.29) is 108 Å². The van der Waals surface area contributed by atoms with Crippen molar-refractivity contribution in [2.24, 2.45) is 0 Å². The van der Waals surface area contributed by atoms with Gasteiger partial charge in [-0.25, -0.2) is 0 Å². The number of aryl methyl sites for hydroxylation is 6. The molecule has 0 atom stereocenters. The maximum atomic E-state index is 3.67. The van der Waals surface area contributed by atoms with Crippen LogP contribution in [0.3, 0.4) is 0 Å². The Labute approximate surface area is 258 Å². The van der Waals surface area contributed by atoms with Gasteiger partial charge in [-0.05, 0) is 0 Å². The van der Waals surface area contributed by atoms with E-state index in [1.54, 1.807) is 0 Å². The van der Waals surface area contributed by atoms with Crippen LogP contribution in [0.1, 0.15) is 33.4 Å². The summed E-state index contributed by atoms with van der Waals surface area (Å²) in [4.78, 5) is 0. The molecule has 0 fully saturated rings. The molecule has 5 rings (SSSR count). The zero-order chi connectivity index (χ0) is 18.3. The van der Waals surface area contributed by atoms with Crippen molar-refractivity contribution in [1.82, 2.24) is 0 Å². The maximum absolute atomic E-state index is 3.67. The maximum Gasteiger partial charge on any atom is 0 e. The Morgan fingerprint density at radius 2 is 0.833 bits per heavy atom. The van der Waals surface area contributed by atoms with Crippen LogP contribution in [0.4, 0.5) is 0 Å². The SMILES string of the molecule is Cc1[c-]c2c3c(C)c(C)[c-]c4cc(C)[c-]c(c5c(C)c(C)[c-]c(c1)c25)c43.[W].[W].[Y].[Y]. The Balaban J connectivity index is 0.00000112. The predicted octanol–water partition coefficient (Wildman–Crippen LogP) is 6.78. The van der Waals surface area contributed by atoms with Gasteiger partial charge in [0.1, 0.15) is 0 Å². The van der Waals surface area contributed by atoms with Gasteiger partial charge >= 0.3 is 0 Å². The second kappa shape index (κ2) is 10.5. The molecule has 0 unspecified atom stereocenters. The molecule has 0 amide bonds. The number of hydrogen-bond acceptors (Lipinski definition) is 0. The van der Waals surface area contributed by atoms with Crippen molar-refractivity contribution in [3.05, 3.63) is 69.8 Å². The molecule has 146 valence electrons. The summed E-state index contributed by atoms with van der Waals surface area (Å²) < 4.78 is 0. The van der Waals surface area contributed by atoms with E-state index >= 15 is 0 Å². The van der Waals surface area contributed by atoms with Crippen molar-refractivity contribution in [3.8, 4) is 0 Å². The smallest absolute Gasteiger partial charge is 0 e. The van der Waals surface area contributed by atoms with Gasteiger partial charge in [0.15, 0.2) is 0 Å². The first-order valence-corrected chi connectivity index (χ1v) is 9.15. The third kappa shape index (κ3) is 4.26. The third-order valence-corrected chi connectivity index (χ3v) is 5.92. The molecular formula is C26H20W2Y2-4. The van der Waals surface area contributed by atoms with Crippen molar-refractivity contribution in [1.29, 1.82) is 0 Å². The van der Waals surface area contributed by atoms with Gasteiger partial charge in [-0.15, -0.1) is 58.7 Å². The standard InChI is InChI=1S/C26H20.2W.2Y/c1-13-7-19-11-15(3)18(6)24-22-10-14(2)8-20-12-16(4)17(5)23(26(20)22)21(9-13)25(19)24;;;;/h7-8H,1-6H3;;;;/q-4;;;;. The largest absolute Gasteiger partial charge is 0.174 e. The minimum Gasteiger partial charge on any atom is -0.174 e. The Morgan fingerprint density at radius 1 is 0.500 bits per heavy atom. The molecule has 0 saturated carbocycles. The topological polar surface area (TPSA) is 0 Å². The molecule has 2 radical (unpaired) electrons. The van der Waals surface area contributed by atoms with Gasteiger partial charge in [0.05, 0.1) is 0 Å². The molecule has 0 aromatic heterocycles. The Kier molecular flexibility index (Phi) is 10.2. The number of fused-ring (bicyclic) bond motifs is 2. The van der Waals surface area contributed by atoms with Crippen molar-refractivity contribution in [2.75, 3.05) is 0 Å². The number of benzene rings is 5. The molecular weight excluding hydrogens is 858 g/mol. The molecule has 5 aromatic carbocycles. The summed E-state index contributed by atoms with van der Waals surface area (Å²) in [5.74, 6) is 0. The van der Waals surface area contributed by atoms with Crippen LogP contribution in [0.25, 0.3) is 43.1 Å². The summed E-state index contributed by atoms with van der Waals surface area (Å²) >= 11 is 0. The van der Waals surface area contributed by atoms with Crippen LogP contribution in [0.15, 0.2) is 12.1 Å². The van der Waals surface area contributed by atoms with E-state index in [1.165, 1.54) is 65.3 Å². The van der Waals surface area contributed by atoms with Gasteiger partial charge in [-0.3, -0.25) is 0 Å². The Bertz CT molecular complexity index is 1280. The fourth-order valence-corrected chi connectivity index (χ4v) is 4.50. The van der Waals surface area contributed by atoms with Gasteiger partial charge in [0.25, 0.3) is 0 Å². The van der Waals surface area contributed by atoms with Gasteiger partial charge in [0.2, 0.25) is 0 Å². The summed E-state index contributed by atoms with van der Waals surface area (Å²) in [6.07, 6.45) is 0. The molecule has 0 aliphatic carbocycles. The first-order valence-electron chi connectivity index (χ1n) is 9.15. The zero-order valence-electron chi connectivity index (χ0n) is 18.1. The van der Waals surface area contributed by atoms with E-state index < -0.39 is 0 Å². The summed E-state index contributed by atoms with van der Waals surface area (Å²) in [6.45, 7) is 13.0. The monoisotopic (exact) mass is 878 g/mol. The van der Waals surface area contributed by atoms with Crippen molar-refractivity contribution in [2.45, 2.75) is 41.5 Å². The second-order valence-electron chi connectivity index (χ2n) is 7.73. The molecule has 5 aromatic rings. The normalized spacial score (nSPS) is 10.6. The molecule has 4 heteroatoms. The van der Waals surface area contributed by atoms with Crippen molar-refractivity contribution >= 4 is 43.1 Å². The van der Waals surface area contributed by atoms with E-state index in [0.717, 1.165) is 11.1 Å². The van der Waals surface area contributed by atoms with E-state index in [2.05, 4.69) is 77.9 Å². The second-order valence-corrected chi connectivity index (χ2v) is 7.73. The zero-order valence-corrected chi connectivity index (χ0v) is 29.7. The molecule has 0 nitrogen and oxygen atoms in total. The summed E-state index contributed by atoms with van der Waals surface area (Å²) in [6, 6.07) is 19.0. The van der Waals surface area contributed by atoms with Crippen LogP contribution < -0.4 is 0 Å². The summed E-state index contributed by atoms with van der Waals surface area (Å²) in [5.41, 5.74) is 7.34. The first kappa shape index (κ1) is 29.0. The van der Waals surface area contributed by atoms with Crippen LogP contribution in [0, 0.1) is 65.8 Å². The van der Waals surface area contributed by atoms with Gasteiger partial charge < -0.3 is 0 Å². The molecule has 30 heavy (non-hydrogen) atoms. The molecule has 0 spiro atoms. The van der Waals surface area contributed by atoms with E-state index in [1.807, 2.05) is 0 Å². The van der Waals surface area contributed by atoms with E-state index in [9.17, 15) is 0 Å². The van der Waals surface area contributed by atoms with Crippen LogP contribution in [-0.4, -0.2) is 0 Å². The molecule has 0 bridgehead atoms. The van der Waals surface area contributed by atoms with Gasteiger partial charge in [-0.1, -0.05) is 41.5 Å². The third-order valence-electron chi connectivity index (χ3n) is 5.92. The van der Waals surface area contributed by atoms with E-state index in [0.29, 0.717) is 0 Å². The van der Waals surface area contributed by atoms with E-state index in [4.69, 9.17) is 0 Å². The first-order chi connectivity index (χ1) is 12.4. The van der Waals surface area contributed by atoms with Crippen LogP contribution in [-0.2, 0) is 108 Å². The minimum absolute atomic E-state index is 0. The number of rotatable bonds is 0. The fraction of sp³-hybridized carbons (Fsp3) is 0.231. The molecule has 0 aliphatic rings. The van der Waals surface area contributed by atoms with Crippen molar-refractivity contribution < 1.29 is 108 Å². The Morgan fingerprint density at radius 3 is 1.17 bits per heavy atom.